The molecule has 0 atom stereocenters. The monoisotopic (exact) mass is 340 g/mol. The third kappa shape index (κ3) is 5.75. The van der Waals surface area contributed by atoms with Crippen LogP contribution in [0.3, 0.4) is 0 Å². The van der Waals surface area contributed by atoms with Crippen molar-refractivity contribution in [2.24, 2.45) is 0 Å². The van der Waals surface area contributed by atoms with E-state index in [0.717, 1.165) is 30.4 Å². The summed E-state index contributed by atoms with van der Waals surface area (Å²) in [6, 6.07) is 12.0. The molecule has 0 heterocycles. The van der Waals surface area contributed by atoms with Crippen molar-refractivity contribution in [1.29, 1.82) is 0 Å². The van der Waals surface area contributed by atoms with Gasteiger partial charge in [0, 0.05) is 0 Å². The number of aryl methyl sites for hydroxylation is 2. The molecule has 0 aliphatic rings. The molecule has 0 aliphatic heterocycles. The van der Waals surface area contributed by atoms with E-state index in [-0.39, 0.29) is 5.97 Å². The Kier molecular flexibility index (Phi) is 6.75. The zero-order valence-corrected chi connectivity index (χ0v) is 15.0. The Hall–Kier alpha value is -2.62. The first-order chi connectivity index (χ1) is 12.0. The van der Waals surface area contributed by atoms with Gasteiger partial charge in [0.1, 0.15) is 5.75 Å². The van der Waals surface area contributed by atoms with Gasteiger partial charge in [-0.25, -0.2) is 9.59 Å². The van der Waals surface area contributed by atoms with Crippen LogP contribution < -0.4 is 4.74 Å². The van der Waals surface area contributed by atoms with Crippen LogP contribution in [0.25, 0.3) is 0 Å². The minimum atomic E-state index is -0.451. The lowest BCUT2D eigenvalue weighted by molar-refractivity contribution is 0.0497. The highest BCUT2D eigenvalue weighted by Gasteiger charge is 2.12. The number of rotatable bonds is 7. The molecular weight excluding hydrogens is 316 g/mol. The van der Waals surface area contributed by atoms with Gasteiger partial charge in [-0.1, -0.05) is 25.8 Å². The van der Waals surface area contributed by atoms with E-state index in [1.165, 1.54) is 0 Å². The van der Waals surface area contributed by atoms with Gasteiger partial charge in [0.15, 0.2) is 0 Å². The molecule has 0 aliphatic carbocycles. The quantitative estimate of drug-likeness (QED) is 0.410. The van der Waals surface area contributed by atoms with E-state index in [1.807, 2.05) is 32.0 Å². The lowest BCUT2D eigenvalue weighted by Gasteiger charge is -2.08. The van der Waals surface area contributed by atoms with E-state index in [2.05, 4.69) is 6.92 Å². The predicted octanol–water partition coefficient (Wildman–Crippen LogP) is 4.87. The average Bonchev–Trinajstić information content (AvgIpc) is 2.57. The number of hydrogen-bond donors (Lipinski definition) is 0. The zero-order chi connectivity index (χ0) is 18.2. The maximum atomic E-state index is 12.2. The molecule has 2 aromatic carbocycles. The molecular formula is C21H24O4. The molecule has 0 saturated heterocycles. The van der Waals surface area contributed by atoms with Crippen LogP contribution in [0.5, 0.6) is 5.75 Å². The Morgan fingerprint density at radius 1 is 0.840 bits per heavy atom. The zero-order valence-electron chi connectivity index (χ0n) is 15.0. The Bertz CT molecular complexity index is 712. The van der Waals surface area contributed by atoms with Crippen molar-refractivity contribution in [3.8, 4) is 5.75 Å². The van der Waals surface area contributed by atoms with Crippen LogP contribution in [0.15, 0.2) is 42.5 Å². The molecule has 132 valence electrons. The summed E-state index contributed by atoms with van der Waals surface area (Å²) in [6.45, 7) is 6.41. The van der Waals surface area contributed by atoms with Crippen molar-refractivity contribution >= 4 is 11.9 Å². The molecule has 4 nitrogen and oxygen atoms in total. The summed E-state index contributed by atoms with van der Waals surface area (Å²) in [5, 5.41) is 0. The SMILES string of the molecule is CCCCCOC(=O)c1ccc(C(=O)Oc2cc(C)cc(C)c2)cc1. The average molecular weight is 340 g/mol. The number of ether oxygens (including phenoxy) is 2. The van der Waals surface area contributed by atoms with Gasteiger partial charge >= 0.3 is 11.9 Å². The van der Waals surface area contributed by atoms with Crippen molar-refractivity contribution in [1.82, 2.24) is 0 Å². The van der Waals surface area contributed by atoms with Gasteiger partial charge in [0.05, 0.1) is 17.7 Å². The summed E-state index contributed by atoms with van der Waals surface area (Å²) in [5.41, 5.74) is 2.88. The predicted molar refractivity (Wildman–Crippen MR) is 97.1 cm³/mol. The minimum absolute atomic E-state index is 0.370. The van der Waals surface area contributed by atoms with Crippen LogP contribution in [0.1, 0.15) is 58.0 Å². The fraction of sp³-hybridized carbons (Fsp3) is 0.333. The standard InChI is InChI=1S/C21H24O4/c1-4-5-6-11-24-20(22)17-7-9-18(10-8-17)21(23)25-19-13-15(2)12-16(3)14-19/h7-10,12-14H,4-6,11H2,1-3H3. The first kappa shape index (κ1) is 18.7. The van der Waals surface area contributed by atoms with Crippen molar-refractivity contribution in [3.63, 3.8) is 0 Å². The topological polar surface area (TPSA) is 52.6 Å². The van der Waals surface area contributed by atoms with Gasteiger partial charge in [-0.2, -0.15) is 0 Å². The van der Waals surface area contributed by atoms with Crippen LogP contribution in [0.2, 0.25) is 0 Å². The van der Waals surface area contributed by atoms with Crippen LogP contribution >= 0.6 is 0 Å². The van der Waals surface area contributed by atoms with Gasteiger partial charge in [-0.05, 0) is 67.8 Å². The van der Waals surface area contributed by atoms with Gasteiger partial charge in [-0.3, -0.25) is 0 Å². The number of carbonyl (C=O) groups excluding carboxylic acids is 2. The number of hydrogen-bond acceptors (Lipinski definition) is 4. The van der Waals surface area contributed by atoms with E-state index in [9.17, 15) is 9.59 Å². The molecule has 4 heteroatoms. The van der Waals surface area contributed by atoms with Crippen molar-refractivity contribution < 1.29 is 19.1 Å². The second kappa shape index (κ2) is 9.02. The molecule has 0 fully saturated rings. The molecule has 25 heavy (non-hydrogen) atoms. The molecule has 0 bridgehead atoms. The molecule has 2 rings (SSSR count). The summed E-state index contributed by atoms with van der Waals surface area (Å²) in [7, 11) is 0. The summed E-state index contributed by atoms with van der Waals surface area (Å²) in [5.74, 6) is -0.305. The van der Waals surface area contributed by atoms with Crippen molar-refractivity contribution in [2.45, 2.75) is 40.0 Å². The molecule has 0 amide bonds. The summed E-state index contributed by atoms with van der Waals surface area (Å²) < 4.78 is 10.6. The third-order valence-electron chi connectivity index (χ3n) is 3.74. The van der Waals surface area contributed by atoms with Gasteiger partial charge in [0.2, 0.25) is 0 Å². The lowest BCUT2D eigenvalue weighted by atomic mass is 10.1. The number of unbranched alkanes of at least 4 members (excludes halogenated alkanes) is 2. The molecule has 0 saturated carbocycles. The number of carbonyl (C=O) groups is 2. The highest BCUT2D eigenvalue weighted by atomic mass is 16.5. The van der Waals surface area contributed by atoms with Crippen molar-refractivity contribution in [2.75, 3.05) is 6.61 Å². The van der Waals surface area contributed by atoms with E-state index in [1.54, 1.807) is 24.3 Å². The fourth-order valence-electron chi connectivity index (χ4n) is 2.50. The molecule has 0 N–H and O–H groups in total. The summed E-state index contributed by atoms with van der Waals surface area (Å²) in [6.07, 6.45) is 2.98. The second-order valence-electron chi connectivity index (χ2n) is 6.13. The summed E-state index contributed by atoms with van der Waals surface area (Å²) >= 11 is 0. The molecule has 0 spiro atoms. The highest BCUT2D eigenvalue weighted by molar-refractivity contribution is 5.94. The van der Waals surface area contributed by atoms with Gasteiger partial charge in [0.25, 0.3) is 0 Å². The first-order valence-corrected chi connectivity index (χ1v) is 8.57. The second-order valence-corrected chi connectivity index (χ2v) is 6.13. The normalized spacial score (nSPS) is 10.4. The third-order valence-corrected chi connectivity index (χ3v) is 3.74. The Morgan fingerprint density at radius 2 is 1.40 bits per heavy atom. The largest absolute Gasteiger partial charge is 0.462 e. The number of benzene rings is 2. The highest BCUT2D eigenvalue weighted by Crippen LogP contribution is 2.18. The van der Waals surface area contributed by atoms with Crippen molar-refractivity contribution in [3.05, 3.63) is 64.7 Å². The Labute approximate surface area is 148 Å². The van der Waals surface area contributed by atoms with Crippen LogP contribution in [0.4, 0.5) is 0 Å². The van der Waals surface area contributed by atoms with E-state index >= 15 is 0 Å². The van der Waals surface area contributed by atoms with Gasteiger partial charge in [-0.15, -0.1) is 0 Å². The Balaban J connectivity index is 1.96. The van der Waals surface area contributed by atoms with E-state index < -0.39 is 5.97 Å². The lowest BCUT2D eigenvalue weighted by Crippen LogP contribution is -2.10. The molecule has 0 unspecified atom stereocenters. The summed E-state index contributed by atoms with van der Waals surface area (Å²) in [4.78, 5) is 24.1. The van der Waals surface area contributed by atoms with Crippen LogP contribution in [-0.4, -0.2) is 18.5 Å². The smallest absolute Gasteiger partial charge is 0.343 e. The molecule has 0 aromatic heterocycles. The Morgan fingerprint density at radius 3 is 1.96 bits per heavy atom. The van der Waals surface area contributed by atoms with Gasteiger partial charge < -0.3 is 9.47 Å². The fourth-order valence-corrected chi connectivity index (χ4v) is 2.50. The molecule has 0 radical (unpaired) electrons. The first-order valence-electron chi connectivity index (χ1n) is 8.57. The maximum absolute atomic E-state index is 12.2. The minimum Gasteiger partial charge on any atom is -0.462 e. The van der Waals surface area contributed by atoms with E-state index in [4.69, 9.17) is 9.47 Å². The van der Waals surface area contributed by atoms with Crippen LogP contribution in [-0.2, 0) is 4.74 Å². The maximum Gasteiger partial charge on any atom is 0.343 e. The van der Waals surface area contributed by atoms with Crippen LogP contribution in [0, 0.1) is 13.8 Å². The van der Waals surface area contributed by atoms with E-state index in [0.29, 0.717) is 23.5 Å². The molecule has 2 aromatic rings. The number of esters is 2.